The first-order valence-corrected chi connectivity index (χ1v) is 5.24. The minimum absolute atomic E-state index is 0.0885. The second kappa shape index (κ2) is 5.54. The van der Waals surface area contributed by atoms with Crippen molar-refractivity contribution in [2.45, 2.75) is 20.0 Å². The minimum atomic E-state index is -1.46. The number of hydrogen-bond donors (Lipinski definition) is 2. The van der Waals surface area contributed by atoms with Gasteiger partial charge in [-0.1, -0.05) is 6.07 Å². The third kappa shape index (κ3) is 2.68. The van der Waals surface area contributed by atoms with Crippen molar-refractivity contribution in [3.8, 4) is 11.5 Å². The van der Waals surface area contributed by atoms with Gasteiger partial charge in [-0.15, -0.1) is 0 Å². The summed E-state index contributed by atoms with van der Waals surface area (Å²) < 4.78 is 9.71. The van der Waals surface area contributed by atoms with Crippen LogP contribution in [0.3, 0.4) is 0 Å². The molecule has 0 heterocycles. The zero-order valence-corrected chi connectivity index (χ0v) is 10.1. The average Bonchev–Trinajstić information content (AvgIpc) is 2.31. The van der Waals surface area contributed by atoms with Crippen molar-refractivity contribution in [3.63, 3.8) is 0 Å². The van der Waals surface area contributed by atoms with Gasteiger partial charge >= 0.3 is 5.97 Å². The fourth-order valence-corrected chi connectivity index (χ4v) is 1.58. The van der Waals surface area contributed by atoms with E-state index < -0.39 is 12.1 Å². The Labute approximate surface area is 99.6 Å². The number of esters is 1. The number of aliphatic hydroxyl groups is 1. The van der Waals surface area contributed by atoms with Crippen molar-refractivity contribution in [1.29, 1.82) is 0 Å². The molecule has 2 N–H and O–H groups in total. The molecule has 0 aliphatic rings. The first kappa shape index (κ1) is 13.3. The van der Waals surface area contributed by atoms with E-state index >= 15 is 0 Å². The van der Waals surface area contributed by atoms with Crippen LogP contribution in [0.1, 0.15) is 24.2 Å². The Morgan fingerprint density at radius 1 is 1.47 bits per heavy atom. The monoisotopic (exact) mass is 240 g/mol. The van der Waals surface area contributed by atoms with Crippen LogP contribution in [0.15, 0.2) is 12.1 Å². The molecule has 1 atom stereocenters. The molecule has 1 aromatic carbocycles. The van der Waals surface area contributed by atoms with Crippen molar-refractivity contribution in [1.82, 2.24) is 0 Å². The second-order valence-electron chi connectivity index (χ2n) is 3.50. The number of ether oxygens (including phenoxy) is 2. The number of carbonyl (C=O) groups excluding carboxylic acids is 1. The predicted octanol–water partition coefficient (Wildman–Crippen LogP) is 1.31. The molecule has 0 bridgehead atoms. The number of rotatable bonds is 4. The van der Waals surface area contributed by atoms with Crippen LogP contribution in [-0.4, -0.2) is 29.9 Å². The zero-order chi connectivity index (χ0) is 13.0. The van der Waals surface area contributed by atoms with Crippen molar-refractivity contribution >= 4 is 5.97 Å². The van der Waals surface area contributed by atoms with E-state index in [0.717, 1.165) is 0 Å². The van der Waals surface area contributed by atoms with Crippen molar-refractivity contribution in [3.05, 3.63) is 23.3 Å². The molecule has 0 fully saturated rings. The lowest BCUT2D eigenvalue weighted by molar-refractivity contribution is -0.153. The molecule has 5 heteroatoms. The van der Waals surface area contributed by atoms with E-state index in [2.05, 4.69) is 0 Å². The van der Waals surface area contributed by atoms with E-state index in [1.165, 1.54) is 13.2 Å². The van der Waals surface area contributed by atoms with Crippen LogP contribution in [0, 0.1) is 6.92 Å². The van der Waals surface area contributed by atoms with Crippen molar-refractivity contribution < 1.29 is 24.5 Å². The third-order valence-corrected chi connectivity index (χ3v) is 2.38. The first-order valence-electron chi connectivity index (χ1n) is 5.24. The Balaban J connectivity index is 3.20. The smallest absolute Gasteiger partial charge is 0.339 e. The lowest BCUT2D eigenvalue weighted by Gasteiger charge is -2.17. The summed E-state index contributed by atoms with van der Waals surface area (Å²) in [5.41, 5.74) is 0.867. The molecule has 17 heavy (non-hydrogen) atoms. The lowest BCUT2D eigenvalue weighted by atomic mass is 10.0. The van der Waals surface area contributed by atoms with E-state index in [4.69, 9.17) is 9.47 Å². The standard InChI is InChI=1S/C12H16O5/c1-4-17-12(15)10(14)9-7(2)5-6-8(13)11(9)16-3/h5-6,10,13-14H,4H2,1-3H3. The fourth-order valence-electron chi connectivity index (χ4n) is 1.58. The number of methoxy groups -OCH3 is 1. The highest BCUT2D eigenvalue weighted by Crippen LogP contribution is 2.36. The molecule has 5 nitrogen and oxygen atoms in total. The number of aliphatic hydroxyl groups excluding tert-OH is 1. The van der Waals surface area contributed by atoms with Gasteiger partial charge in [0.25, 0.3) is 0 Å². The maximum Gasteiger partial charge on any atom is 0.339 e. The number of phenolic OH excluding ortho intramolecular Hbond substituents is 1. The van der Waals surface area contributed by atoms with Gasteiger partial charge in [-0.2, -0.15) is 0 Å². The van der Waals surface area contributed by atoms with Gasteiger partial charge in [0, 0.05) is 5.56 Å². The van der Waals surface area contributed by atoms with Gasteiger partial charge in [0.05, 0.1) is 13.7 Å². The summed E-state index contributed by atoms with van der Waals surface area (Å²) in [5.74, 6) is -0.804. The third-order valence-electron chi connectivity index (χ3n) is 2.38. The first-order chi connectivity index (χ1) is 8.02. The average molecular weight is 240 g/mol. The summed E-state index contributed by atoms with van der Waals surface area (Å²) in [6, 6.07) is 3.03. The molecule has 0 amide bonds. The molecule has 94 valence electrons. The zero-order valence-electron chi connectivity index (χ0n) is 10.1. The summed E-state index contributed by atoms with van der Waals surface area (Å²) in [6.45, 7) is 3.53. The molecular weight excluding hydrogens is 224 g/mol. The number of phenols is 1. The van der Waals surface area contributed by atoms with Crippen LogP contribution in [0.4, 0.5) is 0 Å². The largest absolute Gasteiger partial charge is 0.504 e. The molecule has 0 saturated heterocycles. The van der Waals surface area contributed by atoms with E-state index in [9.17, 15) is 15.0 Å². The lowest BCUT2D eigenvalue weighted by Crippen LogP contribution is -2.17. The molecule has 1 rings (SSSR count). The van der Waals surface area contributed by atoms with Gasteiger partial charge < -0.3 is 19.7 Å². The van der Waals surface area contributed by atoms with E-state index in [1.54, 1.807) is 19.9 Å². The highest BCUT2D eigenvalue weighted by atomic mass is 16.5. The molecule has 0 aromatic heterocycles. The number of aryl methyl sites for hydroxylation is 1. The predicted molar refractivity (Wildman–Crippen MR) is 61.0 cm³/mol. The maximum absolute atomic E-state index is 11.5. The minimum Gasteiger partial charge on any atom is -0.504 e. The van der Waals surface area contributed by atoms with Crippen LogP contribution in [0.5, 0.6) is 11.5 Å². The number of benzene rings is 1. The molecule has 0 aliphatic heterocycles. The number of hydrogen-bond acceptors (Lipinski definition) is 5. The highest BCUT2D eigenvalue weighted by molar-refractivity contribution is 5.78. The Morgan fingerprint density at radius 3 is 2.65 bits per heavy atom. The van der Waals surface area contributed by atoms with Crippen LogP contribution in [-0.2, 0) is 9.53 Å². The van der Waals surface area contributed by atoms with Gasteiger partial charge in [-0.25, -0.2) is 4.79 Å². The Hall–Kier alpha value is -1.75. The molecule has 1 unspecified atom stereocenters. The fraction of sp³-hybridized carbons (Fsp3) is 0.417. The molecule has 0 saturated carbocycles. The van der Waals surface area contributed by atoms with E-state index in [1.807, 2.05) is 0 Å². The van der Waals surface area contributed by atoms with Crippen molar-refractivity contribution in [2.24, 2.45) is 0 Å². The normalized spacial score (nSPS) is 12.0. The van der Waals surface area contributed by atoms with Crippen LogP contribution in [0.2, 0.25) is 0 Å². The second-order valence-corrected chi connectivity index (χ2v) is 3.50. The molecule has 1 aromatic rings. The van der Waals surface area contributed by atoms with E-state index in [0.29, 0.717) is 5.56 Å². The molecule has 0 radical (unpaired) electrons. The SMILES string of the molecule is CCOC(=O)C(O)c1c(C)ccc(O)c1OC. The van der Waals surface area contributed by atoms with Gasteiger partial charge in [-0.05, 0) is 25.5 Å². The van der Waals surface area contributed by atoms with Crippen LogP contribution < -0.4 is 4.74 Å². The molecule has 0 spiro atoms. The summed E-state index contributed by atoms with van der Waals surface area (Å²) in [4.78, 5) is 11.5. The maximum atomic E-state index is 11.5. The quantitative estimate of drug-likeness (QED) is 0.776. The summed E-state index contributed by atoms with van der Waals surface area (Å²) in [5, 5.41) is 19.5. The Bertz CT molecular complexity index is 414. The van der Waals surface area contributed by atoms with Gasteiger partial charge in [0.15, 0.2) is 17.6 Å². The Morgan fingerprint density at radius 2 is 2.12 bits per heavy atom. The van der Waals surface area contributed by atoms with Crippen LogP contribution >= 0.6 is 0 Å². The summed E-state index contributed by atoms with van der Waals surface area (Å²) >= 11 is 0. The number of aromatic hydroxyl groups is 1. The Kier molecular flexibility index (Phi) is 4.34. The highest BCUT2D eigenvalue weighted by Gasteiger charge is 2.26. The summed E-state index contributed by atoms with van der Waals surface area (Å²) in [7, 11) is 1.36. The van der Waals surface area contributed by atoms with Crippen LogP contribution in [0.25, 0.3) is 0 Å². The topological polar surface area (TPSA) is 76.0 Å². The summed E-state index contributed by atoms with van der Waals surface area (Å²) in [6.07, 6.45) is -1.46. The van der Waals surface area contributed by atoms with Gasteiger partial charge in [0.1, 0.15) is 0 Å². The van der Waals surface area contributed by atoms with Gasteiger partial charge in [-0.3, -0.25) is 0 Å². The van der Waals surface area contributed by atoms with Gasteiger partial charge in [0.2, 0.25) is 0 Å². The van der Waals surface area contributed by atoms with Crippen molar-refractivity contribution in [2.75, 3.05) is 13.7 Å². The van der Waals surface area contributed by atoms with E-state index in [-0.39, 0.29) is 23.7 Å². The molecule has 0 aliphatic carbocycles. The number of carbonyl (C=O) groups is 1. The molecular formula is C12H16O5.